The van der Waals surface area contributed by atoms with Crippen LogP contribution in [-0.2, 0) is 4.79 Å². The molecule has 0 aliphatic heterocycles. The van der Waals surface area contributed by atoms with Crippen molar-refractivity contribution in [3.8, 4) is 11.5 Å². The van der Waals surface area contributed by atoms with E-state index in [0.717, 1.165) is 6.20 Å². The zero-order valence-corrected chi connectivity index (χ0v) is 13.9. The number of carbonyl (C=O) groups excluding carboxylic acids is 1. The van der Waals surface area contributed by atoms with E-state index in [1.807, 2.05) is 0 Å². The molecule has 0 fully saturated rings. The van der Waals surface area contributed by atoms with Crippen LogP contribution in [0.5, 0.6) is 11.5 Å². The first-order valence-corrected chi connectivity index (χ1v) is 7.65. The van der Waals surface area contributed by atoms with Crippen LogP contribution < -0.4 is 5.32 Å². The summed E-state index contributed by atoms with van der Waals surface area (Å²) in [6.07, 6.45) is 1.04. The average molecular weight is 367 g/mol. The van der Waals surface area contributed by atoms with Crippen LogP contribution in [0.2, 0.25) is 0 Å². The van der Waals surface area contributed by atoms with E-state index in [1.165, 1.54) is 19.1 Å². The van der Waals surface area contributed by atoms with Gasteiger partial charge in [-0.05, 0) is 6.07 Å². The van der Waals surface area contributed by atoms with Gasteiger partial charge in [0.15, 0.2) is 17.3 Å². The largest absolute Gasteiger partial charge is 0.504 e. The minimum atomic E-state index is -0.589. The predicted octanol–water partition coefficient (Wildman–Crippen LogP) is 3.93. The number of amides is 1. The maximum atomic E-state index is 11.5. The van der Waals surface area contributed by atoms with Crippen LogP contribution >= 0.6 is 0 Å². The summed E-state index contributed by atoms with van der Waals surface area (Å²) in [4.78, 5) is 25.4. The summed E-state index contributed by atoms with van der Waals surface area (Å²) in [7, 11) is 0. The summed E-state index contributed by atoms with van der Waals surface area (Å²) < 4.78 is 0. The zero-order chi connectivity index (χ0) is 19.6. The summed E-state index contributed by atoms with van der Waals surface area (Å²) >= 11 is 0. The maximum absolute atomic E-state index is 11.5. The van der Waals surface area contributed by atoms with Crippen molar-refractivity contribution < 1.29 is 19.9 Å². The fourth-order valence-corrected chi connectivity index (χ4v) is 2.43. The second-order valence-corrected chi connectivity index (χ2v) is 5.48. The highest BCUT2D eigenvalue weighted by molar-refractivity contribution is 6.08. The Morgan fingerprint density at radius 2 is 1.81 bits per heavy atom. The highest BCUT2D eigenvalue weighted by atomic mass is 16.6. The van der Waals surface area contributed by atoms with Crippen LogP contribution in [0.15, 0.2) is 52.8 Å². The fraction of sp³-hybridized carbons (Fsp3) is 0.0588. The monoisotopic (exact) mass is 367 g/mol. The summed E-state index contributed by atoms with van der Waals surface area (Å²) in [6, 6.07) is 9.10. The molecule has 3 rings (SSSR count). The molecule has 1 aromatic heterocycles. The average Bonchev–Trinajstić information content (AvgIpc) is 2.65. The standard InChI is InChI=1S/C17H13N5O5/c1-9(23)19-15-14(11-4-2-3-5-12(11)16(24)17(15)25)21-20-13-7-6-10(8-18-13)22(26)27/h2-8,24-25H,1H3,(H,19,23). The number of hydrogen-bond acceptors (Lipinski definition) is 8. The number of pyridine rings is 1. The molecule has 0 saturated heterocycles. The SMILES string of the molecule is CC(=O)Nc1c(O)c(O)c2ccccc2c1N=Nc1ccc([N+](=O)[O-])cn1. The molecule has 0 atom stereocenters. The first-order chi connectivity index (χ1) is 12.9. The third-order valence-corrected chi connectivity index (χ3v) is 3.63. The summed E-state index contributed by atoms with van der Waals surface area (Å²) in [5.41, 5.74) is -0.193. The minimum Gasteiger partial charge on any atom is -0.504 e. The van der Waals surface area contributed by atoms with Gasteiger partial charge in [0, 0.05) is 23.8 Å². The second kappa shape index (κ2) is 7.04. The van der Waals surface area contributed by atoms with Gasteiger partial charge in [-0.1, -0.05) is 24.3 Å². The molecule has 0 radical (unpaired) electrons. The van der Waals surface area contributed by atoms with Crippen molar-refractivity contribution in [1.82, 2.24) is 4.98 Å². The third-order valence-electron chi connectivity index (χ3n) is 3.63. The molecule has 27 heavy (non-hydrogen) atoms. The first-order valence-electron chi connectivity index (χ1n) is 7.65. The molecule has 0 unspecified atom stereocenters. The van der Waals surface area contributed by atoms with Crippen molar-refractivity contribution in [2.45, 2.75) is 6.92 Å². The van der Waals surface area contributed by atoms with Gasteiger partial charge in [0.2, 0.25) is 5.91 Å². The van der Waals surface area contributed by atoms with E-state index < -0.39 is 22.3 Å². The topological polar surface area (TPSA) is 150 Å². The van der Waals surface area contributed by atoms with Crippen LogP contribution in [-0.4, -0.2) is 26.0 Å². The Morgan fingerprint density at radius 1 is 1.11 bits per heavy atom. The number of anilines is 1. The van der Waals surface area contributed by atoms with Crippen LogP contribution in [0, 0.1) is 10.1 Å². The van der Waals surface area contributed by atoms with E-state index in [9.17, 15) is 25.1 Å². The van der Waals surface area contributed by atoms with Crippen molar-refractivity contribution >= 4 is 39.6 Å². The lowest BCUT2D eigenvalue weighted by Crippen LogP contribution is -2.06. The number of fused-ring (bicyclic) bond motifs is 1. The van der Waals surface area contributed by atoms with Gasteiger partial charge in [-0.3, -0.25) is 14.9 Å². The molecule has 10 heteroatoms. The number of aromatic hydroxyl groups is 2. The van der Waals surface area contributed by atoms with Crippen molar-refractivity contribution in [3.05, 3.63) is 52.7 Å². The van der Waals surface area contributed by atoms with Gasteiger partial charge < -0.3 is 15.5 Å². The quantitative estimate of drug-likeness (QED) is 0.275. The number of rotatable bonds is 4. The highest BCUT2D eigenvalue weighted by Gasteiger charge is 2.19. The number of azo groups is 1. The smallest absolute Gasteiger partial charge is 0.287 e. The Balaban J connectivity index is 2.15. The van der Waals surface area contributed by atoms with Crippen LogP contribution in [0.25, 0.3) is 10.8 Å². The number of nitrogens with one attached hydrogen (secondary N) is 1. The molecule has 2 aromatic carbocycles. The van der Waals surface area contributed by atoms with E-state index >= 15 is 0 Å². The first kappa shape index (κ1) is 17.7. The molecule has 0 saturated carbocycles. The fourth-order valence-electron chi connectivity index (χ4n) is 2.43. The van der Waals surface area contributed by atoms with E-state index in [-0.39, 0.29) is 22.9 Å². The number of phenols is 2. The number of nitrogens with zero attached hydrogens (tertiary/aromatic N) is 4. The Hall–Kier alpha value is -4.08. The van der Waals surface area contributed by atoms with E-state index in [0.29, 0.717) is 10.8 Å². The van der Waals surface area contributed by atoms with E-state index in [2.05, 4.69) is 20.5 Å². The molecule has 136 valence electrons. The number of benzene rings is 2. The number of carbonyl (C=O) groups is 1. The summed E-state index contributed by atoms with van der Waals surface area (Å²) in [6.45, 7) is 1.24. The molecule has 0 bridgehead atoms. The number of aromatic nitrogens is 1. The molecule has 0 spiro atoms. The van der Waals surface area contributed by atoms with Crippen LogP contribution in [0.3, 0.4) is 0 Å². The predicted molar refractivity (Wildman–Crippen MR) is 96.6 cm³/mol. The summed E-state index contributed by atoms with van der Waals surface area (Å²) in [5.74, 6) is -1.34. The lowest BCUT2D eigenvalue weighted by molar-refractivity contribution is -0.385. The van der Waals surface area contributed by atoms with Crippen molar-refractivity contribution in [1.29, 1.82) is 0 Å². The van der Waals surface area contributed by atoms with Gasteiger partial charge in [-0.2, -0.15) is 0 Å². The zero-order valence-electron chi connectivity index (χ0n) is 13.9. The maximum Gasteiger partial charge on any atom is 0.287 e. The number of nitro groups is 1. The third kappa shape index (κ3) is 3.49. The normalized spacial score (nSPS) is 11.0. The molecule has 1 amide bonds. The van der Waals surface area contributed by atoms with Crippen molar-refractivity contribution in [2.75, 3.05) is 5.32 Å². The second-order valence-electron chi connectivity index (χ2n) is 5.48. The summed E-state index contributed by atoms with van der Waals surface area (Å²) in [5, 5.41) is 42.3. The van der Waals surface area contributed by atoms with Gasteiger partial charge in [0.25, 0.3) is 5.69 Å². The Kier molecular flexibility index (Phi) is 4.62. The van der Waals surface area contributed by atoms with Gasteiger partial charge in [-0.15, -0.1) is 10.2 Å². The van der Waals surface area contributed by atoms with E-state index in [1.54, 1.807) is 24.3 Å². The van der Waals surface area contributed by atoms with Crippen molar-refractivity contribution in [2.24, 2.45) is 10.2 Å². The molecule has 0 aliphatic carbocycles. The number of hydrogen-bond donors (Lipinski definition) is 3. The Morgan fingerprint density at radius 3 is 2.41 bits per heavy atom. The molecule has 0 aliphatic rings. The molecule has 10 nitrogen and oxygen atoms in total. The highest BCUT2D eigenvalue weighted by Crippen LogP contribution is 2.48. The lowest BCUT2D eigenvalue weighted by Gasteiger charge is -2.13. The molecule has 3 aromatic rings. The Labute approximate surface area is 152 Å². The van der Waals surface area contributed by atoms with Crippen LogP contribution in [0.4, 0.5) is 22.9 Å². The van der Waals surface area contributed by atoms with Crippen molar-refractivity contribution in [3.63, 3.8) is 0 Å². The lowest BCUT2D eigenvalue weighted by atomic mass is 10.1. The molecular formula is C17H13N5O5. The van der Waals surface area contributed by atoms with E-state index in [4.69, 9.17) is 0 Å². The van der Waals surface area contributed by atoms with Crippen LogP contribution in [0.1, 0.15) is 6.92 Å². The molecular weight excluding hydrogens is 354 g/mol. The molecule has 1 heterocycles. The molecule has 3 N–H and O–H groups in total. The van der Waals surface area contributed by atoms with Gasteiger partial charge >= 0.3 is 0 Å². The Bertz CT molecular complexity index is 1080. The van der Waals surface area contributed by atoms with Gasteiger partial charge in [0.1, 0.15) is 17.6 Å². The van der Waals surface area contributed by atoms with Gasteiger partial charge in [-0.25, -0.2) is 4.98 Å². The number of phenolic OH excluding ortho intramolecular Hbond substituents is 2. The van der Waals surface area contributed by atoms with Gasteiger partial charge in [0.05, 0.1) is 4.92 Å². The minimum absolute atomic E-state index is 0.0889.